The maximum Gasteiger partial charge on any atom is 0.240 e. The smallest absolute Gasteiger partial charge is 0.240 e. The Labute approximate surface area is 438 Å². The van der Waals surface area contributed by atoms with E-state index in [0.717, 1.165) is 89.8 Å². The molecule has 0 N–H and O–H groups in total. The molecular formula is C66H56N8O. The zero-order valence-electron chi connectivity index (χ0n) is 43.5. The Kier molecular flexibility index (Phi) is 10.7. The van der Waals surface area contributed by atoms with Crippen LogP contribution in [-0.2, 0) is 5.41 Å². The van der Waals surface area contributed by atoms with E-state index in [4.69, 9.17) is 24.7 Å². The fourth-order valence-corrected chi connectivity index (χ4v) is 11.6. The molecule has 8 aromatic carbocycles. The molecule has 11 aromatic rings. The number of fused-ring (bicyclic) bond motifs is 9. The van der Waals surface area contributed by atoms with Gasteiger partial charge in [0.1, 0.15) is 24.0 Å². The van der Waals surface area contributed by atoms with Crippen molar-refractivity contribution in [2.45, 2.75) is 60.8 Å². The molecule has 5 heterocycles. The van der Waals surface area contributed by atoms with Crippen LogP contribution >= 0.6 is 0 Å². The van der Waals surface area contributed by atoms with E-state index in [9.17, 15) is 0 Å². The number of aryl methyl sites for hydroxylation is 5. The Morgan fingerprint density at radius 1 is 0.467 bits per heavy atom. The van der Waals surface area contributed by atoms with Crippen LogP contribution in [-0.4, -0.2) is 31.2 Å². The highest BCUT2D eigenvalue weighted by Gasteiger charge is 2.33. The standard InChI is InChI=1S/C66H56N8O/c1-40-34-43(4)60(44(5)35-40)63-68-64(70-65(69-63)74-61-41(2)18-15-25-53(61)54-26-16-19-42(3)62(54)74)72-39-71(56-28-13-14-29-57(56)72)46-20-17-21-47(37-46)75-48-30-31-52-50-23-10-9-22-49(50)51-24-11-12-27-55(51)73(58(52)38-48)59-36-45(32-33-67-59)66(6,7)8/h9-38H,39H2,1-8H3. The molecule has 0 aliphatic carbocycles. The summed E-state index contributed by atoms with van der Waals surface area (Å²) in [4.78, 5) is 28.1. The van der Waals surface area contributed by atoms with Gasteiger partial charge in [0.25, 0.3) is 0 Å². The molecule has 0 spiro atoms. The quantitative estimate of drug-likeness (QED) is 0.156. The number of para-hydroxylation sites is 5. The summed E-state index contributed by atoms with van der Waals surface area (Å²) < 4.78 is 9.19. The molecule has 0 radical (unpaired) electrons. The summed E-state index contributed by atoms with van der Waals surface area (Å²) in [6.07, 6.45) is 1.93. The highest BCUT2D eigenvalue weighted by molar-refractivity contribution is 6.11. The van der Waals surface area contributed by atoms with Crippen molar-refractivity contribution in [2.75, 3.05) is 21.4 Å². The molecular weight excluding hydrogens is 921 g/mol. The zero-order chi connectivity index (χ0) is 51.3. The molecule has 0 bridgehead atoms. The Morgan fingerprint density at radius 3 is 1.73 bits per heavy atom. The number of anilines is 7. The van der Waals surface area contributed by atoms with Gasteiger partial charge in [-0.2, -0.15) is 15.0 Å². The number of benzene rings is 8. The average Bonchev–Trinajstić information content (AvgIpc) is 4.04. The molecule has 0 saturated heterocycles. The molecule has 3 aromatic heterocycles. The molecule has 0 fully saturated rings. The number of hydrogen-bond donors (Lipinski definition) is 0. The molecule has 2 aliphatic heterocycles. The monoisotopic (exact) mass is 976 g/mol. The predicted molar refractivity (Wildman–Crippen MR) is 307 cm³/mol. The molecule has 0 amide bonds. The molecule has 0 saturated carbocycles. The van der Waals surface area contributed by atoms with E-state index >= 15 is 0 Å². The van der Waals surface area contributed by atoms with Crippen molar-refractivity contribution in [3.8, 4) is 51.1 Å². The van der Waals surface area contributed by atoms with E-state index in [1.807, 2.05) is 12.3 Å². The van der Waals surface area contributed by atoms with Crippen molar-refractivity contribution >= 4 is 62.0 Å². The summed E-state index contributed by atoms with van der Waals surface area (Å²) in [5, 5.41) is 2.34. The van der Waals surface area contributed by atoms with Gasteiger partial charge in [0, 0.05) is 51.5 Å². The van der Waals surface area contributed by atoms with Gasteiger partial charge in [-0.05, 0) is 134 Å². The number of hydrogen-bond acceptors (Lipinski definition) is 8. The number of pyridine rings is 1. The van der Waals surface area contributed by atoms with E-state index in [0.29, 0.717) is 35.9 Å². The molecule has 0 atom stereocenters. The Bertz CT molecular complexity index is 4030. The summed E-state index contributed by atoms with van der Waals surface area (Å²) in [7, 11) is 0. The van der Waals surface area contributed by atoms with Crippen LogP contribution in [0.3, 0.4) is 0 Å². The molecule has 13 rings (SSSR count). The van der Waals surface area contributed by atoms with Gasteiger partial charge in [0.15, 0.2) is 5.82 Å². The van der Waals surface area contributed by atoms with Crippen LogP contribution in [0.2, 0.25) is 0 Å². The second kappa shape index (κ2) is 17.6. The molecule has 366 valence electrons. The van der Waals surface area contributed by atoms with Crippen molar-refractivity contribution in [1.29, 1.82) is 0 Å². The van der Waals surface area contributed by atoms with E-state index in [-0.39, 0.29) is 5.41 Å². The first-order valence-electron chi connectivity index (χ1n) is 25.7. The van der Waals surface area contributed by atoms with Crippen LogP contribution < -0.4 is 19.4 Å². The van der Waals surface area contributed by atoms with Gasteiger partial charge in [-0.3, -0.25) is 14.4 Å². The topological polar surface area (TPSA) is 75.4 Å². The Balaban J connectivity index is 0.909. The molecule has 0 unspecified atom stereocenters. The number of ether oxygens (including phenoxy) is 1. The minimum Gasteiger partial charge on any atom is -0.457 e. The van der Waals surface area contributed by atoms with Crippen molar-refractivity contribution < 1.29 is 4.74 Å². The largest absolute Gasteiger partial charge is 0.457 e. The third-order valence-corrected chi connectivity index (χ3v) is 15.0. The fraction of sp³-hybridized carbons (Fsp3) is 0.152. The molecule has 2 aliphatic rings. The highest BCUT2D eigenvalue weighted by atomic mass is 16.5. The number of nitrogens with zero attached hydrogens (tertiary/aromatic N) is 8. The maximum atomic E-state index is 6.94. The summed E-state index contributed by atoms with van der Waals surface area (Å²) in [6.45, 7) is 18.0. The minimum absolute atomic E-state index is 0.0690. The van der Waals surface area contributed by atoms with Gasteiger partial charge in [0.2, 0.25) is 11.9 Å². The van der Waals surface area contributed by atoms with Crippen LogP contribution in [0.5, 0.6) is 11.5 Å². The van der Waals surface area contributed by atoms with E-state index in [1.54, 1.807) is 0 Å². The van der Waals surface area contributed by atoms with Gasteiger partial charge in [-0.15, -0.1) is 0 Å². The fourth-order valence-electron chi connectivity index (χ4n) is 11.6. The number of aromatic nitrogens is 5. The summed E-state index contributed by atoms with van der Waals surface area (Å²) in [5.41, 5.74) is 19.7. The lowest BCUT2D eigenvalue weighted by Gasteiger charge is -2.28. The third-order valence-electron chi connectivity index (χ3n) is 15.0. The van der Waals surface area contributed by atoms with Crippen LogP contribution in [0.1, 0.15) is 54.2 Å². The number of rotatable bonds is 7. The highest BCUT2D eigenvalue weighted by Crippen LogP contribution is 2.52. The molecule has 75 heavy (non-hydrogen) atoms. The van der Waals surface area contributed by atoms with E-state index in [2.05, 4.69) is 245 Å². The van der Waals surface area contributed by atoms with Crippen molar-refractivity contribution in [1.82, 2.24) is 24.5 Å². The third kappa shape index (κ3) is 7.68. The first kappa shape index (κ1) is 45.8. The SMILES string of the molecule is Cc1cc(C)c(-c2nc(N3CN(c4cccc(Oc5ccc6c(c5)N(c5cc(C(C)(C)C)ccn5)c5ccccc5-c5ccccc5-6)c4)c4ccccc43)nc(-n3c4c(C)cccc4c4cccc(C)c43)n2)c(C)c1. The van der Waals surface area contributed by atoms with Crippen LogP contribution in [0.25, 0.3) is 61.4 Å². The van der Waals surface area contributed by atoms with Crippen molar-refractivity contribution in [2.24, 2.45) is 0 Å². The van der Waals surface area contributed by atoms with E-state index < -0.39 is 0 Å². The Hall–Kier alpha value is -9.08. The zero-order valence-corrected chi connectivity index (χ0v) is 43.5. The summed E-state index contributed by atoms with van der Waals surface area (Å²) in [5.74, 6) is 4.05. The lowest BCUT2D eigenvalue weighted by molar-refractivity contribution is 0.483. The summed E-state index contributed by atoms with van der Waals surface area (Å²) in [6, 6.07) is 62.3. The predicted octanol–water partition coefficient (Wildman–Crippen LogP) is 17.0. The van der Waals surface area contributed by atoms with Gasteiger partial charge in [-0.25, -0.2) is 4.98 Å². The first-order chi connectivity index (χ1) is 36.4. The minimum atomic E-state index is -0.0690. The van der Waals surface area contributed by atoms with Crippen LogP contribution in [0, 0.1) is 34.6 Å². The van der Waals surface area contributed by atoms with Gasteiger partial charge >= 0.3 is 0 Å². The lowest BCUT2D eigenvalue weighted by Crippen LogP contribution is -2.26. The molecule has 9 nitrogen and oxygen atoms in total. The second-order valence-corrected chi connectivity index (χ2v) is 21.1. The van der Waals surface area contributed by atoms with Gasteiger partial charge in [-0.1, -0.05) is 136 Å². The van der Waals surface area contributed by atoms with Crippen LogP contribution in [0.15, 0.2) is 182 Å². The normalized spacial score (nSPS) is 12.9. The lowest BCUT2D eigenvalue weighted by atomic mass is 9.87. The summed E-state index contributed by atoms with van der Waals surface area (Å²) >= 11 is 0. The van der Waals surface area contributed by atoms with Crippen molar-refractivity contribution in [3.05, 3.63) is 216 Å². The first-order valence-corrected chi connectivity index (χ1v) is 25.7. The molecule has 9 heteroatoms. The van der Waals surface area contributed by atoms with Gasteiger partial charge < -0.3 is 9.64 Å². The second-order valence-electron chi connectivity index (χ2n) is 21.1. The van der Waals surface area contributed by atoms with Crippen LogP contribution in [0.4, 0.5) is 40.2 Å². The van der Waals surface area contributed by atoms with E-state index in [1.165, 1.54) is 27.5 Å². The maximum absolute atomic E-state index is 6.94. The average molecular weight is 977 g/mol. The Morgan fingerprint density at radius 2 is 1.05 bits per heavy atom. The van der Waals surface area contributed by atoms with Crippen molar-refractivity contribution in [3.63, 3.8) is 0 Å². The van der Waals surface area contributed by atoms with Gasteiger partial charge in [0.05, 0.1) is 33.8 Å².